The lowest BCUT2D eigenvalue weighted by atomic mass is 9.84. The second-order valence-electron chi connectivity index (χ2n) is 8.29. The predicted octanol–water partition coefficient (Wildman–Crippen LogP) is 5.22. The summed E-state index contributed by atoms with van der Waals surface area (Å²) in [6.07, 6.45) is 2.72. The number of pyridine rings is 1. The fourth-order valence-electron chi connectivity index (χ4n) is 4.51. The number of benzene rings is 3. The van der Waals surface area contributed by atoms with Gasteiger partial charge in [0.15, 0.2) is 5.60 Å². The Labute approximate surface area is 192 Å². The van der Waals surface area contributed by atoms with Crippen LogP contribution in [0, 0.1) is 0 Å². The van der Waals surface area contributed by atoms with E-state index in [0.717, 1.165) is 16.5 Å². The van der Waals surface area contributed by atoms with Gasteiger partial charge in [-0.3, -0.25) is 9.78 Å². The Morgan fingerprint density at radius 2 is 1.36 bits per heavy atom. The number of carbonyl (C=O) groups is 2. The third kappa shape index (κ3) is 4.10. The molecule has 2 heterocycles. The monoisotopic (exact) mass is 436 g/mol. The van der Waals surface area contributed by atoms with Crippen LogP contribution in [0.3, 0.4) is 0 Å². The summed E-state index contributed by atoms with van der Waals surface area (Å²) in [5, 5.41) is 2.00. The Hall–Kier alpha value is -3.99. The molecular formula is C28H24N2O3. The van der Waals surface area contributed by atoms with Crippen LogP contribution in [-0.2, 0) is 10.3 Å². The van der Waals surface area contributed by atoms with Crippen LogP contribution in [0.15, 0.2) is 97.2 Å². The number of piperidine rings is 1. The summed E-state index contributed by atoms with van der Waals surface area (Å²) in [5.74, 6) is -0.391. The van der Waals surface area contributed by atoms with Crippen molar-refractivity contribution in [1.82, 2.24) is 9.88 Å². The number of carbonyl (C=O) groups excluding carboxylic acids is 2. The lowest BCUT2D eigenvalue weighted by Crippen LogP contribution is -2.47. The number of aromatic nitrogens is 1. The zero-order valence-electron chi connectivity index (χ0n) is 18.2. The van der Waals surface area contributed by atoms with E-state index in [9.17, 15) is 9.59 Å². The SMILES string of the molecule is O=C(OC1(c2nccc3ccccc23)CCN(C(=O)c2ccccc2)CC1)c1ccccc1. The Bertz CT molecular complexity index is 1280. The van der Waals surface area contributed by atoms with E-state index in [0.29, 0.717) is 37.1 Å². The fraction of sp³-hybridized carbons (Fsp3) is 0.179. The smallest absolute Gasteiger partial charge is 0.339 e. The number of fused-ring (bicyclic) bond motifs is 1. The van der Waals surface area contributed by atoms with Crippen molar-refractivity contribution in [3.8, 4) is 0 Å². The third-order valence-corrected chi connectivity index (χ3v) is 6.28. The molecule has 1 amide bonds. The number of hydrogen-bond acceptors (Lipinski definition) is 4. The molecule has 33 heavy (non-hydrogen) atoms. The molecule has 5 rings (SSSR count). The molecule has 1 fully saturated rings. The third-order valence-electron chi connectivity index (χ3n) is 6.28. The Morgan fingerprint density at radius 3 is 2.06 bits per heavy atom. The molecule has 3 aromatic carbocycles. The van der Waals surface area contributed by atoms with Gasteiger partial charge in [-0.2, -0.15) is 0 Å². The quantitative estimate of drug-likeness (QED) is 0.412. The number of ether oxygens (including phenoxy) is 1. The van der Waals surface area contributed by atoms with E-state index >= 15 is 0 Å². The zero-order valence-corrected chi connectivity index (χ0v) is 18.2. The predicted molar refractivity (Wildman–Crippen MR) is 127 cm³/mol. The maximum absolute atomic E-state index is 13.1. The van der Waals surface area contributed by atoms with E-state index in [2.05, 4.69) is 0 Å². The first-order valence-corrected chi connectivity index (χ1v) is 11.1. The second kappa shape index (κ2) is 8.87. The second-order valence-corrected chi connectivity index (χ2v) is 8.29. The molecule has 4 aromatic rings. The molecule has 5 heteroatoms. The first-order chi connectivity index (χ1) is 16.2. The van der Waals surface area contributed by atoms with Crippen molar-refractivity contribution in [3.05, 3.63) is 114 Å². The van der Waals surface area contributed by atoms with Gasteiger partial charge in [0, 0.05) is 43.1 Å². The van der Waals surface area contributed by atoms with Crippen molar-refractivity contribution in [2.75, 3.05) is 13.1 Å². The van der Waals surface area contributed by atoms with Gasteiger partial charge in [-0.05, 0) is 35.7 Å². The van der Waals surface area contributed by atoms with Crippen molar-refractivity contribution in [1.29, 1.82) is 0 Å². The number of rotatable bonds is 4. The highest BCUT2D eigenvalue weighted by atomic mass is 16.6. The Kier molecular flexibility index (Phi) is 5.61. The van der Waals surface area contributed by atoms with Crippen molar-refractivity contribution < 1.29 is 14.3 Å². The summed E-state index contributed by atoms with van der Waals surface area (Å²) >= 11 is 0. The average molecular weight is 437 g/mol. The Morgan fingerprint density at radius 1 is 0.758 bits per heavy atom. The van der Waals surface area contributed by atoms with Gasteiger partial charge in [0.1, 0.15) is 0 Å². The van der Waals surface area contributed by atoms with Gasteiger partial charge >= 0.3 is 5.97 Å². The fourth-order valence-corrected chi connectivity index (χ4v) is 4.51. The van der Waals surface area contributed by atoms with E-state index in [1.807, 2.05) is 83.8 Å². The maximum Gasteiger partial charge on any atom is 0.339 e. The number of amides is 1. The molecule has 0 bridgehead atoms. The molecule has 5 nitrogen and oxygen atoms in total. The average Bonchev–Trinajstić information content (AvgIpc) is 2.89. The molecule has 0 atom stereocenters. The first-order valence-electron chi connectivity index (χ1n) is 11.1. The largest absolute Gasteiger partial charge is 0.449 e. The number of hydrogen-bond donors (Lipinski definition) is 0. The van der Waals surface area contributed by atoms with Crippen molar-refractivity contribution >= 4 is 22.6 Å². The number of esters is 1. The van der Waals surface area contributed by atoms with Gasteiger partial charge in [-0.15, -0.1) is 0 Å². The van der Waals surface area contributed by atoms with Crippen LogP contribution in [-0.4, -0.2) is 34.8 Å². The summed E-state index contributed by atoms with van der Waals surface area (Å²) in [7, 11) is 0. The van der Waals surface area contributed by atoms with E-state index < -0.39 is 5.60 Å². The van der Waals surface area contributed by atoms with Crippen LogP contribution < -0.4 is 0 Å². The number of nitrogens with zero attached hydrogens (tertiary/aromatic N) is 2. The van der Waals surface area contributed by atoms with E-state index in [1.54, 1.807) is 18.3 Å². The highest BCUT2D eigenvalue weighted by Gasteiger charge is 2.43. The summed E-state index contributed by atoms with van der Waals surface area (Å²) < 4.78 is 6.25. The van der Waals surface area contributed by atoms with Crippen LogP contribution in [0.25, 0.3) is 10.8 Å². The number of likely N-dealkylation sites (tertiary alicyclic amines) is 1. The molecule has 0 radical (unpaired) electrons. The molecule has 0 spiro atoms. The van der Waals surface area contributed by atoms with E-state index in [4.69, 9.17) is 9.72 Å². The minimum atomic E-state index is -0.915. The summed E-state index contributed by atoms with van der Waals surface area (Å²) in [5.41, 5.74) is 0.993. The van der Waals surface area contributed by atoms with Gasteiger partial charge in [-0.25, -0.2) is 4.79 Å². The van der Waals surface area contributed by atoms with Crippen molar-refractivity contribution in [2.45, 2.75) is 18.4 Å². The van der Waals surface area contributed by atoms with Gasteiger partial charge in [0.05, 0.1) is 11.3 Å². The molecule has 1 saturated heterocycles. The van der Waals surface area contributed by atoms with Crippen LogP contribution >= 0.6 is 0 Å². The molecule has 0 unspecified atom stereocenters. The van der Waals surface area contributed by atoms with Gasteiger partial charge in [0.2, 0.25) is 0 Å². The maximum atomic E-state index is 13.1. The molecular weight excluding hydrogens is 412 g/mol. The van der Waals surface area contributed by atoms with Gasteiger partial charge in [-0.1, -0.05) is 60.7 Å². The first kappa shape index (κ1) is 20.9. The topological polar surface area (TPSA) is 59.5 Å². The van der Waals surface area contributed by atoms with Gasteiger partial charge in [0.25, 0.3) is 5.91 Å². The zero-order chi connectivity index (χ0) is 22.7. The molecule has 1 aliphatic rings. The van der Waals surface area contributed by atoms with Crippen LogP contribution in [0.2, 0.25) is 0 Å². The van der Waals surface area contributed by atoms with Crippen LogP contribution in [0.5, 0.6) is 0 Å². The van der Waals surface area contributed by atoms with Gasteiger partial charge < -0.3 is 9.64 Å². The van der Waals surface area contributed by atoms with E-state index in [-0.39, 0.29) is 11.9 Å². The highest BCUT2D eigenvalue weighted by Crippen LogP contribution is 2.40. The lowest BCUT2D eigenvalue weighted by Gasteiger charge is -2.41. The Balaban J connectivity index is 1.49. The van der Waals surface area contributed by atoms with Crippen molar-refractivity contribution in [3.63, 3.8) is 0 Å². The normalized spacial score (nSPS) is 15.2. The molecule has 164 valence electrons. The highest BCUT2D eigenvalue weighted by molar-refractivity contribution is 5.94. The van der Waals surface area contributed by atoms with Crippen LogP contribution in [0.1, 0.15) is 39.3 Å². The minimum absolute atomic E-state index is 0.00975. The van der Waals surface area contributed by atoms with Crippen LogP contribution in [0.4, 0.5) is 0 Å². The standard InChI is InChI=1S/C28H24N2O3/c31-26(22-10-3-1-4-11-22)30-19-16-28(17-20-30,33-27(32)23-12-5-2-6-13-23)25-24-14-8-7-9-21(24)15-18-29-25/h1-15,18H,16-17,19-20H2. The van der Waals surface area contributed by atoms with E-state index in [1.165, 1.54) is 0 Å². The molecule has 0 N–H and O–H groups in total. The minimum Gasteiger partial charge on any atom is -0.449 e. The lowest BCUT2D eigenvalue weighted by molar-refractivity contribution is -0.0529. The van der Waals surface area contributed by atoms with Crippen molar-refractivity contribution in [2.24, 2.45) is 0 Å². The summed E-state index contributed by atoms with van der Waals surface area (Å²) in [6, 6.07) is 28.2. The summed E-state index contributed by atoms with van der Waals surface area (Å²) in [6.45, 7) is 0.946. The molecule has 0 aliphatic carbocycles. The molecule has 0 saturated carbocycles. The molecule has 1 aromatic heterocycles. The molecule has 1 aliphatic heterocycles. The summed E-state index contributed by atoms with van der Waals surface area (Å²) in [4.78, 5) is 32.7.